The molecule has 0 aliphatic rings. The Bertz CT molecular complexity index is 645. The van der Waals surface area contributed by atoms with Crippen LogP contribution in [0.2, 0.25) is 0 Å². The molecule has 0 fully saturated rings. The predicted octanol–water partition coefficient (Wildman–Crippen LogP) is 2.72. The van der Waals surface area contributed by atoms with Crippen LogP contribution in [0.5, 0.6) is 0 Å². The van der Waals surface area contributed by atoms with E-state index in [1.165, 1.54) is 4.31 Å². The van der Waals surface area contributed by atoms with Crippen LogP contribution in [-0.4, -0.2) is 57.7 Å². The molecule has 2 aromatic heterocycles. The summed E-state index contributed by atoms with van der Waals surface area (Å²) in [6.45, 7) is 2.81. The van der Waals surface area contributed by atoms with E-state index in [0.29, 0.717) is 13.1 Å². The number of imidazole rings is 1. The number of hydrogen-bond acceptors (Lipinski definition) is 6. The van der Waals surface area contributed by atoms with Crippen LogP contribution in [0.3, 0.4) is 0 Å². The standard InChI is InChI=1S/C17H27N5O2S2/c1-20(2)12-15-4-5-16(24-15)13-26-11-7-19-17(23)22(25)9-3-8-21-10-6-18-14-21/h4-6,10,14,25H,3,7-9,11-13H2,1-2H3,(H,19,23). The van der Waals surface area contributed by atoms with Crippen LogP contribution in [0.1, 0.15) is 17.9 Å². The first-order chi connectivity index (χ1) is 12.5. The molecule has 0 aliphatic heterocycles. The number of thiol groups is 1. The molecule has 0 saturated heterocycles. The van der Waals surface area contributed by atoms with Gasteiger partial charge in [0.25, 0.3) is 0 Å². The van der Waals surface area contributed by atoms with Gasteiger partial charge in [-0.15, -0.1) is 0 Å². The number of nitrogens with one attached hydrogen (secondary N) is 1. The minimum Gasteiger partial charge on any atom is -0.464 e. The molecular formula is C17H27N5O2S2. The van der Waals surface area contributed by atoms with E-state index in [1.54, 1.807) is 24.3 Å². The van der Waals surface area contributed by atoms with Crippen LogP contribution in [0, 0.1) is 0 Å². The summed E-state index contributed by atoms with van der Waals surface area (Å²) in [4.78, 5) is 18.0. The molecule has 1 N–H and O–H groups in total. The number of carbonyl (C=O) groups is 1. The second kappa shape index (κ2) is 11.2. The van der Waals surface area contributed by atoms with Crippen molar-refractivity contribution < 1.29 is 9.21 Å². The highest BCUT2D eigenvalue weighted by Crippen LogP contribution is 2.16. The van der Waals surface area contributed by atoms with Crippen molar-refractivity contribution in [2.24, 2.45) is 0 Å². The first-order valence-corrected chi connectivity index (χ1v) is 10.1. The van der Waals surface area contributed by atoms with Crippen molar-refractivity contribution in [1.29, 1.82) is 0 Å². The molecule has 0 aliphatic carbocycles. The topological polar surface area (TPSA) is 66.5 Å². The maximum atomic E-state index is 12.0. The summed E-state index contributed by atoms with van der Waals surface area (Å²) in [6.07, 6.45) is 6.25. The number of thioether (sulfide) groups is 1. The van der Waals surface area contributed by atoms with Gasteiger partial charge in [-0.2, -0.15) is 11.8 Å². The highest BCUT2D eigenvalue weighted by Gasteiger charge is 2.08. The van der Waals surface area contributed by atoms with Gasteiger partial charge in [-0.25, -0.2) is 9.78 Å². The van der Waals surface area contributed by atoms with E-state index < -0.39 is 0 Å². The molecule has 0 atom stereocenters. The summed E-state index contributed by atoms with van der Waals surface area (Å²) in [5, 5.41) is 2.88. The maximum Gasteiger partial charge on any atom is 0.327 e. The number of aromatic nitrogens is 2. The molecule has 0 aromatic carbocycles. The first-order valence-electron chi connectivity index (χ1n) is 8.54. The van der Waals surface area contributed by atoms with Crippen LogP contribution in [-0.2, 0) is 18.8 Å². The molecule has 2 rings (SSSR count). The van der Waals surface area contributed by atoms with Crippen molar-refractivity contribution in [3.8, 4) is 0 Å². The zero-order valence-corrected chi connectivity index (χ0v) is 17.0. The summed E-state index contributed by atoms with van der Waals surface area (Å²) in [6, 6.07) is 3.87. The van der Waals surface area contributed by atoms with Crippen LogP contribution in [0.15, 0.2) is 35.3 Å². The molecule has 7 nitrogen and oxygen atoms in total. The van der Waals surface area contributed by atoms with Crippen LogP contribution < -0.4 is 5.32 Å². The highest BCUT2D eigenvalue weighted by molar-refractivity contribution is 7.98. The molecule has 0 radical (unpaired) electrons. The van der Waals surface area contributed by atoms with E-state index in [0.717, 1.165) is 42.5 Å². The van der Waals surface area contributed by atoms with Gasteiger partial charge >= 0.3 is 6.03 Å². The molecule has 9 heteroatoms. The van der Waals surface area contributed by atoms with Gasteiger partial charge in [0.1, 0.15) is 11.5 Å². The molecule has 26 heavy (non-hydrogen) atoms. The summed E-state index contributed by atoms with van der Waals surface area (Å²) < 4.78 is 9.16. The average Bonchev–Trinajstić information content (AvgIpc) is 3.26. The van der Waals surface area contributed by atoms with E-state index >= 15 is 0 Å². The fourth-order valence-electron chi connectivity index (χ4n) is 2.31. The average molecular weight is 398 g/mol. The first kappa shape index (κ1) is 20.7. The van der Waals surface area contributed by atoms with Crippen molar-refractivity contribution in [3.63, 3.8) is 0 Å². The summed E-state index contributed by atoms with van der Waals surface area (Å²) in [7, 11) is 4.03. The minimum atomic E-state index is -0.161. The van der Waals surface area contributed by atoms with Crippen molar-refractivity contribution in [2.75, 3.05) is 32.9 Å². The van der Waals surface area contributed by atoms with Crippen LogP contribution >= 0.6 is 24.6 Å². The number of furan rings is 1. The molecule has 0 bridgehead atoms. The Morgan fingerprint density at radius 2 is 2.19 bits per heavy atom. The second-order valence-corrected chi connectivity index (χ2v) is 7.76. The number of nitrogens with zero attached hydrogens (tertiary/aromatic N) is 4. The zero-order valence-electron chi connectivity index (χ0n) is 15.3. The molecular weight excluding hydrogens is 370 g/mol. The predicted molar refractivity (Wildman–Crippen MR) is 108 cm³/mol. The molecule has 0 saturated carbocycles. The Hall–Kier alpha value is -1.58. The summed E-state index contributed by atoms with van der Waals surface area (Å²) in [5.41, 5.74) is 0. The third-order valence-electron chi connectivity index (χ3n) is 3.54. The number of carbonyl (C=O) groups excluding carboxylic acids is 1. The number of amides is 2. The maximum absolute atomic E-state index is 12.0. The minimum absolute atomic E-state index is 0.161. The zero-order chi connectivity index (χ0) is 18.8. The normalized spacial score (nSPS) is 11.1. The van der Waals surface area contributed by atoms with E-state index in [4.69, 9.17) is 4.42 Å². The second-order valence-electron chi connectivity index (χ2n) is 6.17. The lowest BCUT2D eigenvalue weighted by molar-refractivity contribution is 0.226. The summed E-state index contributed by atoms with van der Waals surface area (Å²) in [5.74, 6) is 3.57. The van der Waals surface area contributed by atoms with Crippen LogP contribution in [0.25, 0.3) is 0 Å². The lowest BCUT2D eigenvalue weighted by atomic mass is 10.4. The van der Waals surface area contributed by atoms with Gasteiger partial charge in [0, 0.05) is 37.8 Å². The molecule has 2 amide bonds. The smallest absolute Gasteiger partial charge is 0.327 e. The quantitative estimate of drug-likeness (QED) is 0.451. The fourth-order valence-corrected chi connectivity index (χ4v) is 3.27. The van der Waals surface area contributed by atoms with Crippen molar-refractivity contribution in [2.45, 2.75) is 25.3 Å². The molecule has 0 spiro atoms. The molecule has 144 valence electrons. The Morgan fingerprint density at radius 1 is 1.38 bits per heavy atom. The largest absolute Gasteiger partial charge is 0.464 e. The van der Waals surface area contributed by atoms with Gasteiger partial charge in [-0.1, -0.05) is 12.8 Å². The van der Waals surface area contributed by atoms with E-state index in [2.05, 4.69) is 28.0 Å². The van der Waals surface area contributed by atoms with Crippen molar-refractivity contribution >= 4 is 30.6 Å². The number of hydrogen-bond donors (Lipinski definition) is 2. The molecule has 0 unspecified atom stereocenters. The third-order valence-corrected chi connectivity index (χ3v) is 4.90. The fraction of sp³-hybridized carbons (Fsp3) is 0.529. The van der Waals surface area contributed by atoms with Gasteiger partial charge in [-0.05, 0) is 32.6 Å². The van der Waals surface area contributed by atoms with Gasteiger partial charge in [0.2, 0.25) is 0 Å². The van der Waals surface area contributed by atoms with E-state index in [1.807, 2.05) is 37.0 Å². The van der Waals surface area contributed by atoms with Crippen molar-refractivity contribution in [1.82, 2.24) is 24.1 Å². The lowest BCUT2D eigenvalue weighted by Gasteiger charge is -2.16. The third kappa shape index (κ3) is 7.76. The number of rotatable bonds is 11. The van der Waals surface area contributed by atoms with Crippen molar-refractivity contribution in [3.05, 3.63) is 42.4 Å². The SMILES string of the molecule is CN(C)Cc1ccc(CSCCNC(=O)N(S)CCCn2ccnc2)o1. The lowest BCUT2D eigenvalue weighted by Crippen LogP contribution is -2.36. The Balaban J connectivity index is 1.53. The van der Waals surface area contributed by atoms with E-state index in [-0.39, 0.29) is 6.03 Å². The van der Waals surface area contributed by atoms with E-state index in [9.17, 15) is 4.79 Å². The van der Waals surface area contributed by atoms with Gasteiger partial charge in [0.15, 0.2) is 0 Å². The Kier molecular flexibility index (Phi) is 8.93. The molecule has 2 aromatic rings. The number of urea groups is 1. The van der Waals surface area contributed by atoms with Gasteiger partial charge in [0.05, 0.1) is 18.6 Å². The van der Waals surface area contributed by atoms with Gasteiger partial charge < -0.3 is 19.2 Å². The monoisotopic (exact) mass is 397 g/mol. The Morgan fingerprint density at radius 3 is 2.92 bits per heavy atom. The van der Waals surface area contributed by atoms with Gasteiger partial charge in [-0.3, -0.25) is 4.31 Å². The molecule has 2 heterocycles. The highest BCUT2D eigenvalue weighted by atomic mass is 32.2. The van der Waals surface area contributed by atoms with Crippen LogP contribution in [0.4, 0.5) is 4.79 Å². The summed E-state index contributed by atoms with van der Waals surface area (Å²) >= 11 is 5.97. The Labute approximate surface area is 164 Å². The number of aryl methyl sites for hydroxylation is 1.